The van der Waals surface area contributed by atoms with Crippen LogP contribution >= 0.6 is 15.9 Å². The van der Waals surface area contributed by atoms with E-state index in [-0.39, 0.29) is 12.7 Å². The Labute approximate surface area is 137 Å². The maximum Gasteiger partial charge on any atom is 0.254 e. The van der Waals surface area contributed by atoms with E-state index in [1.807, 2.05) is 17.0 Å². The first-order valence-corrected chi connectivity index (χ1v) is 7.75. The molecule has 4 nitrogen and oxygen atoms in total. The summed E-state index contributed by atoms with van der Waals surface area (Å²) < 4.78 is 11.0. The van der Waals surface area contributed by atoms with Crippen LogP contribution in [0.3, 0.4) is 0 Å². The van der Waals surface area contributed by atoms with Crippen molar-refractivity contribution in [3.05, 3.63) is 63.6 Å². The molecule has 5 heteroatoms. The van der Waals surface area contributed by atoms with Crippen LogP contribution in [0.1, 0.15) is 21.5 Å². The second-order valence-electron chi connectivity index (χ2n) is 5.13. The van der Waals surface area contributed by atoms with Crippen LogP contribution in [-0.4, -0.2) is 24.7 Å². The molecule has 0 N–H and O–H groups in total. The Balaban J connectivity index is 1.75. The molecule has 3 rings (SSSR count). The molecule has 2 aromatic carbocycles. The fourth-order valence-corrected chi connectivity index (χ4v) is 3.03. The third kappa shape index (κ3) is 3.00. The summed E-state index contributed by atoms with van der Waals surface area (Å²) in [5.74, 6) is 0.679. The molecule has 22 heavy (non-hydrogen) atoms. The predicted octanol–water partition coefficient (Wildman–Crippen LogP) is 3.59. The van der Waals surface area contributed by atoms with Gasteiger partial charge in [-0.05, 0) is 45.3 Å². The predicted molar refractivity (Wildman–Crippen MR) is 86.7 cm³/mol. The fourth-order valence-electron chi connectivity index (χ4n) is 2.53. The van der Waals surface area contributed by atoms with E-state index in [2.05, 4.69) is 28.1 Å². The van der Waals surface area contributed by atoms with Crippen LogP contribution in [-0.2, 0) is 17.8 Å². The zero-order chi connectivity index (χ0) is 15.5. The van der Waals surface area contributed by atoms with Crippen molar-refractivity contribution >= 4 is 21.8 Å². The summed E-state index contributed by atoms with van der Waals surface area (Å²) in [6.07, 6.45) is 0. The molecule has 0 aromatic heterocycles. The van der Waals surface area contributed by atoms with Crippen molar-refractivity contribution in [1.82, 2.24) is 4.90 Å². The van der Waals surface area contributed by atoms with E-state index in [1.165, 1.54) is 11.1 Å². The maximum absolute atomic E-state index is 12.6. The number of halogens is 1. The molecular formula is C17H16BrNO3. The number of ether oxygens (including phenoxy) is 2. The highest BCUT2D eigenvalue weighted by Crippen LogP contribution is 2.29. The van der Waals surface area contributed by atoms with E-state index < -0.39 is 0 Å². The van der Waals surface area contributed by atoms with Gasteiger partial charge in [-0.1, -0.05) is 24.3 Å². The smallest absolute Gasteiger partial charge is 0.254 e. The van der Waals surface area contributed by atoms with Gasteiger partial charge in [0.15, 0.2) is 6.79 Å². The van der Waals surface area contributed by atoms with Gasteiger partial charge in [-0.15, -0.1) is 0 Å². The van der Waals surface area contributed by atoms with Gasteiger partial charge in [0.25, 0.3) is 5.91 Å². The standard InChI is InChI=1S/C17H16BrNO3/c1-21-11-22-16-7-6-12(8-15(16)18)17(20)19-9-13-4-2-3-5-14(13)10-19/h2-8H,9-11H2,1H3. The summed E-state index contributed by atoms with van der Waals surface area (Å²) >= 11 is 3.43. The Kier molecular flexibility index (Phi) is 4.45. The summed E-state index contributed by atoms with van der Waals surface area (Å²) in [5.41, 5.74) is 3.08. The fraction of sp³-hybridized carbons (Fsp3) is 0.235. The van der Waals surface area contributed by atoms with Crippen LogP contribution in [0.25, 0.3) is 0 Å². The van der Waals surface area contributed by atoms with Crippen LogP contribution in [0.4, 0.5) is 0 Å². The summed E-state index contributed by atoms with van der Waals surface area (Å²) in [4.78, 5) is 14.5. The Hall–Kier alpha value is -1.85. The topological polar surface area (TPSA) is 38.8 Å². The van der Waals surface area contributed by atoms with Crippen LogP contribution in [0.5, 0.6) is 5.75 Å². The van der Waals surface area contributed by atoms with Gasteiger partial charge < -0.3 is 14.4 Å². The van der Waals surface area contributed by atoms with E-state index in [0.29, 0.717) is 24.4 Å². The van der Waals surface area contributed by atoms with Crippen molar-refractivity contribution in [2.45, 2.75) is 13.1 Å². The van der Waals surface area contributed by atoms with Crippen LogP contribution in [0.15, 0.2) is 46.9 Å². The lowest BCUT2D eigenvalue weighted by Gasteiger charge is -2.16. The number of carbonyl (C=O) groups excluding carboxylic acids is 1. The first-order valence-electron chi connectivity index (χ1n) is 6.96. The molecule has 0 saturated heterocycles. The summed E-state index contributed by atoms with van der Waals surface area (Å²) in [6, 6.07) is 13.5. The van der Waals surface area contributed by atoms with Gasteiger partial charge in [-0.25, -0.2) is 0 Å². The van der Waals surface area contributed by atoms with Crippen LogP contribution < -0.4 is 4.74 Å². The molecule has 1 heterocycles. The summed E-state index contributed by atoms with van der Waals surface area (Å²) in [6.45, 7) is 1.50. The van der Waals surface area contributed by atoms with Gasteiger partial charge in [-0.3, -0.25) is 4.79 Å². The minimum atomic E-state index is 0.0233. The zero-order valence-electron chi connectivity index (χ0n) is 12.2. The molecule has 0 unspecified atom stereocenters. The molecule has 0 saturated carbocycles. The molecule has 1 amide bonds. The first kappa shape index (κ1) is 15.1. The number of methoxy groups -OCH3 is 1. The van der Waals surface area contributed by atoms with Crippen LogP contribution in [0, 0.1) is 0 Å². The number of fused-ring (bicyclic) bond motifs is 1. The molecule has 0 aliphatic carbocycles. The van der Waals surface area contributed by atoms with Crippen molar-refractivity contribution in [3.8, 4) is 5.75 Å². The lowest BCUT2D eigenvalue weighted by molar-refractivity contribution is 0.0505. The molecule has 1 aliphatic rings. The number of amides is 1. The lowest BCUT2D eigenvalue weighted by atomic mass is 10.1. The molecule has 0 spiro atoms. The van der Waals surface area contributed by atoms with E-state index in [0.717, 1.165) is 4.47 Å². The normalized spacial score (nSPS) is 13.1. The van der Waals surface area contributed by atoms with Gasteiger partial charge in [-0.2, -0.15) is 0 Å². The third-order valence-corrected chi connectivity index (χ3v) is 4.26. The number of nitrogens with zero attached hydrogens (tertiary/aromatic N) is 1. The van der Waals surface area contributed by atoms with Crippen molar-refractivity contribution in [2.75, 3.05) is 13.9 Å². The Bertz CT molecular complexity index is 677. The van der Waals surface area contributed by atoms with Gasteiger partial charge in [0.05, 0.1) is 4.47 Å². The van der Waals surface area contributed by atoms with Gasteiger partial charge in [0.1, 0.15) is 5.75 Å². The summed E-state index contributed by atoms with van der Waals surface area (Å²) in [5, 5.41) is 0. The van der Waals surface area contributed by atoms with Crippen molar-refractivity contribution in [3.63, 3.8) is 0 Å². The van der Waals surface area contributed by atoms with E-state index in [4.69, 9.17) is 9.47 Å². The maximum atomic E-state index is 12.6. The summed E-state index contributed by atoms with van der Waals surface area (Å²) in [7, 11) is 1.57. The van der Waals surface area contributed by atoms with Gasteiger partial charge >= 0.3 is 0 Å². The molecule has 114 valence electrons. The van der Waals surface area contributed by atoms with Gasteiger partial charge in [0.2, 0.25) is 0 Å². The minimum Gasteiger partial charge on any atom is -0.466 e. The largest absolute Gasteiger partial charge is 0.466 e. The second-order valence-corrected chi connectivity index (χ2v) is 5.98. The number of carbonyl (C=O) groups is 1. The quantitative estimate of drug-likeness (QED) is 0.781. The van der Waals surface area contributed by atoms with E-state index in [9.17, 15) is 4.79 Å². The van der Waals surface area contributed by atoms with Gasteiger partial charge in [0, 0.05) is 25.8 Å². The highest BCUT2D eigenvalue weighted by molar-refractivity contribution is 9.10. The molecule has 0 atom stereocenters. The van der Waals surface area contributed by atoms with Crippen molar-refractivity contribution in [1.29, 1.82) is 0 Å². The van der Waals surface area contributed by atoms with E-state index in [1.54, 1.807) is 25.3 Å². The monoisotopic (exact) mass is 361 g/mol. The van der Waals surface area contributed by atoms with Crippen LogP contribution in [0.2, 0.25) is 0 Å². The zero-order valence-corrected chi connectivity index (χ0v) is 13.8. The molecule has 0 fully saturated rings. The number of hydrogen-bond donors (Lipinski definition) is 0. The number of benzene rings is 2. The third-order valence-electron chi connectivity index (χ3n) is 3.64. The lowest BCUT2D eigenvalue weighted by Crippen LogP contribution is -2.25. The second kappa shape index (κ2) is 6.50. The molecule has 0 bridgehead atoms. The average Bonchev–Trinajstić information content (AvgIpc) is 2.97. The SMILES string of the molecule is COCOc1ccc(C(=O)N2Cc3ccccc3C2)cc1Br. The molecular weight excluding hydrogens is 346 g/mol. The van der Waals surface area contributed by atoms with E-state index >= 15 is 0 Å². The molecule has 2 aromatic rings. The number of hydrogen-bond acceptors (Lipinski definition) is 3. The Morgan fingerprint density at radius 1 is 1.18 bits per heavy atom. The van der Waals surface area contributed by atoms with Crippen molar-refractivity contribution in [2.24, 2.45) is 0 Å². The Morgan fingerprint density at radius 3 is 2.45 bits per heavy atom. The highest BCUT2D eigenvalue weighted by Gasteiger charge is 2.24. The average molecular weight is 362 g/mol. The highest BCUT2D eigenvalue weighted by atomic mass is 79.9. The Morgan fingerprint density at radius 2 is 1.86 bits per heavy atom. The first-order chi connectivity index (χ1) is 10.7. The number of rotatable bonds is 4. The molecule has 1 aliphatic heterocycles. The minimum absolute atomic E-state index is 0.0233. The molecule has 0 radical (unpaired) electrons. The van der Waals surface area contributed by atoms with Crippen molar-refractivity contribution < 1.29 is 14.3 Å².